The molecule has 112 valence electrons. The van der Waals surface area contributed by atoms with Crippen LogP contribution < -0.4 is 4.90 Å². The van der Waals surface area contributed by atoms with Crippen LogP contribution in [0.5, 0.6) is 0 Å². The summed E-state index contributed by atoms with van der Waals surface area (Å²) in [6.45, 7) is 0. The summed E-state index contributed by atoms with van der Waals surface area (Å²) in [7, 11) is 8.95. The highest BCUT2D eigenvalue weighted by molar-refractivity contribution is 7.21. The van der Waals surface area contributed by atoms with E-state index >= 15 is 0 Å². The number of aromatic nitrogens is 1. The second-order valence-electron chi connectivity index (χ2n) is 4.88. The molecule has 0 aliphatic heterocycles. The predicted molar refractivity (Wildman–Crippen MR) is 87.1 cm³/mol. The third-order valence-corrected chi connectivity index (χ3v) is 3.89. The molecule has 2 rings (SSSR count). The minimum absolute atomic E-state index is 0.383. The van der Waals surface area contributed by atoms with Gasteiger partial charge in [-0.3, -0.25) is 0 Å². The van der Waals surface area contributed by atoms with Crippen molar-refractivity contribution in [3.8, 4) is 0 Å². The second-order valence-corrected chi connectivity index (χ2v) is 5.93. The molecule has 2 aromatic rings. The van der Waals surface area contributed by atoms with Crippen LogP contribution in [0.2, 0.25) is 0 Å². The van der Waals surface area contributed by atoms with E-state index in [-0.39, 0.29) is 5.97 Å². The fourth-order valence-electron chi connectivity index (χ4n) is 1.88. The van der Waals surface area contributed by atoms with Gasteiger partial charge in [0.1, 0.15) is 16.4 Å². The minimum atomic E-state index is -0.383. The van der Waals surface area contributed by atoms with Gasteiger partial charge in [0.2, 0.25) is 0 Å². The summed E-state index contributed by atoms with van der Waals surface area (Å²) in [6, 6.07) is 1.88. The maximum Gasteiger partial charge on any atom is 0.350 e. The van der Waals surface area contributed by atoms with Gasteiger partial charge in [-0.2, -0.15) is 0 Å². The highest BCUT2D eigenvalue weighted by atomic mass is 32.1. The molecule has 0 aliphatic carbocycles. The van der Waals surface area contributed by atoms with E-state index in [4.69, 9.17) is 4.74 Å². The van der Waals surface area contributed by atoms with E-state index in [9.17, 15) is 4.79 Å². The molecule has 0 spiro atoms. The van der Waals surface area contributed by atoms with Gasteiger partial charge in [0.25, 0.3) is 0 Å². The van der Waals surface area contributed by atoms with Gasteiger partial charge in [-0.15, -0.1) is 11.3 Å². The van der Waals surface area contributed by atoms with E-state index in [1.54, 1.807) is 12.5 Å². The van der Waals surface area contributed by atoms with Crippen molar-refractivity contribution in [1.29, 1.82) is 0 Å². The van der Waals surface area contributed by atoms with E-state index in [1.165, 1.54) is 18.4 Å². The summed E-state index contributed by atoms with van der Waals surface area (Å²) < 4.78 is 5.82. The molecule has 0 aromatic carbocycles. The molecule has 0 saturated heterocycles. The molecule has 6 nitrogen and oxygen atoms in total. The van der Waals surface area contributed by atoms with Crippen molar-refractivity contribution in [3.05, 3.63) is 17.1 Å². The van der Waals surface area contributed by atoms with Crippen LogP contribution in [0.25, 0.3) is 10.1 Å². The normalized spacial score (nSPS) is 11.1. The fourth-order valence-corrected chi connectivity index (χ4v) is 2.94. The molecule has 0 aliphatic rings. The van der Waals surface area contributed by atoms with Crippen LogP contribution >= 0.6 is 11.3 Å². The van der Waals surface area contributed by atoms with Crippen LogP contribution in [0.4, 0.5) is 11.5 Å². The Bertz CT molecular complexity index is 692. The van der Waals surface area contributed by atoms with Gasteiger partial charge < -0.3 is 14.5 Å². The lowest BCUT2D eigenvalue weighted by Gasteiger charge is -2.12. The third kappa shape index (κ3) is 2.97. The summed E-state index contributed by atoms with van der Waals surface area (Å²) in [4.78, 5) is 25.0. The quantitative estimate of drug-likeness (QED) is 0.493. The summed E-state index contributed by atoms with van der Waals surface area (Å²) in [6.07, 6.45) is 3.40. The Morgan fingerprint density at radius 3 is 2.67 bits per heavy atom. The fraction of sp³-hybridized carbons (Fsp3) is 0.357. The Kier molecular flexibility index (Phi) is 4.42. The predicted octanol–water partition coefficient (Wildman–Crippen LogP) is 2.37. The zero-order valence-electron chi connectivity index (χ0n) is 12.7. The van der Waals surface area contributed by atoms with E-state index in [1.807, 2.05) is 44.1 Å². The largest absolute Gasteiger partial charge is 0.465 e. The van der Waals surface area contributed by atoms with Gasteiger partial charge in [0.15, 0.2) is 0 Å². The highest BCUT2D eigenvalue weighted by Gasteiger charge is 2.22. The van der Waals surface area contributed by atoms with Crippen molar-refractivity contribution in [1.82, 2.24) is 9.88 Å². The number of anilines is 1. The molecule has 0 unspecified atom stereocenters. The number of hydrogen-bond donors (Lipinski definition) is 0. The number of aliphatic imine (C=N–C) groups is 1. The Labute approximate surface area is 127 Å². The number of carbonyl (C=O) groups excluding carboxylic acids is 1. The third-order valence-electron chi connectivity index (χ3n) is 2.77. The van der Waals surface area contributed by atoms with Crippen molar-refractivity contribution < 1.29 is 9.53 Å². The zero-order chi connectivity index (χ0) is 15.6. The lowest BCUT2D eigenvalue weighted by molar-refractivity contribution is 0.0607. The minimum Gasteiger partial charge on any atom is -0.465 e. The van der Waals surface area contributed by atoms with Crippen molar-refractivity contribution in [3.63, 3.8) is 0 Å². The van der Waals surface area contributed by atoms with Gasteiger partial charge in [-0.25, -0.2) is 14.8 Å². The molecule has 21 heavy (non-hydrogen) atoms. The second kappa shape index (κ2) is 6.09. The van der Waals surface area contributed by atoms with Gasteiger partial charge in [0.05, 0.1) is 18.8 Å². The monoisotopic (exact) mass is 306 g/mol. The van der Waals surface area contributed by atoms with E-state index in [0.717, 1.165) is 15.9 Å². The highest BCUT2D eigenvalue weighted by Crippen LogP contribution is 2.42. The standard InChI is InChI=1S/C14H18N4O2S/c1-17(2)8-16-11-10-9(21-12(11)14(19)20-5)6-7-15-13(10)18(3)4/h6-8H,1-5H3/b16-8-. The Hall–Kier alpha value is -2.15. The molecule has 2 aromatic heterocycles. The molecule has 0 fully saturated rings. The lowest BCUT2D eigenvalue weighted by atomic mass is 10.2. The molecule has 0 atom stereocenters. The Morgan fingerprint density at radius 2 is 2.10 bits per heavy atom. The Balaban J connectivity index is 2.76. The number of esters is 1. The van der Waals surface area contributed by atoms with Crippen molar-refractivity contribution in [2.75, 3.05) is 40.2 Å². The van der Waals surface area contributed by atoms with E-state index < -0.39 is 0 Å². The smallest absolute Gasteiger partial charge is 0.350 e. The number of nitrogens with zero attached hydrogens (tertiary/aromatic N) is 4. The van der Waals surface area contributed by atoms with Crippen molar-refractivity contribution in [2.24, 2.45) is 4.99 Å². The van der Waals surface area contributed by atoms with Crippen LogP contribution in [-0.2, 0) is 4.74 Å². The summed E-state index contributed by atoms with van der Waals surface area (Å²) in [5.74, 6) is 0.400. The number of fused-ring (bicyclic) bond motifs is 1. The van der Waals surface area contributed by atoms with Crippen LogP contribution in [-0.4, -0.2) is 57.5 Å². The zero-order valence-corrected chi connectivity index (χ0v) is 13.6. The molecule has 2 heterocycles. The van der Waals surface area contributed by atoms with Gasteiger partial charge >= 0.3 is 5.97 Å². The number of thiophene rings is 1. The SMILES string of the molecule is COC(=O)c1sc2ccnc(N(C)C)c2c1/N=C\N(C)C. The molecule has 0 N–H and O–H groups in total. The maximum absolute atomic E-state index is 12.0. The molecule has 0 radical (unpaired) electrons. The lowest BCUT2D eigenvalue weighted by Crippen LogP contribution is -2.11. The maximum atomic E-state index is 12.0. The molecule has 7 heteroatoms. The molecule has 0 amide bonds. The van der Waals surface area contributed by atoms with E-state index in [2.05, 4.69) is 9.98 Å². The first-order chi connectivity index (χ1) is 9.95. The number of methoxy groups -OCH3 is 1. The first-order valence-corrected chi connectivity index (χ1v) is 7.15. The number of pyridine rings is 1. The average Bonchev–Trinajstić information content (AvgIpc) is 2.82. The molecular weight excluding hydrogens is 288 g/mol. The van der Waals surface area contributed by atoms with Crippen LogP contribution in [0.15, 0.2) is 17.3 Å². The van der Waals surface area contributed by atoms with Crippen LogP contribution in [0.1, 0.15) is 9.67 Å². The summed E-state index contributed by atoms with van der Waals surface area (Å²) >= 11 is 1.37. The van der Waals surface area contributed by atoms with Crippen molar-refractivity contribution in [2.45, 2.75) is 0 Å². The van der Waals surface area contributed by atoms with Gasteiger partial charge in [0, 0.05) is 39.1 Å². The van der Waals surface area contributed by atoms with Gasteiger partial charge in [-0.05, 0) is 6.07 Å². The topological polar surface area (TPSA) is 58.0 Å². The summed E-state index contributed by atoms with van der Waals surface area (Å²) in [5.41, 5.74) is 0.604. The number of carbonyl (C=O) groups is 1. The van der Waals surface area contributed by atoms with Crippen LogP contribution in [0.3, 0.4) is 0 Å². The molecular formula is C14H18N4O2S. The van der Waals surface area contributed by atoms with Crippen LogP contribution in [0, 0.1) is 0 Å². The first-order valence-electron chi connectivity index (χ1n) is 6.33. The number of hydrogen-bond acceptors (Lipinski definition) is 6. The average molecular weight is 306 g/mol. The Morgan fingerprint density at radius 1 is 1.38 bits per heavy atom. The van der Waals surface area contributed by atoms with Crippen molar-refractivity contribution >= 4 is 45.2 Å². The molecule has 0 saturated carbocycles. The van der Waals surface area contributed by atoms with E-state index in [0.29, 0.717) is 10.6 Å². The summed E-state index contributed by atoms with van der Waals surface area (Å²) in [5, 5.41) is 0.867. The molecule has 0 bridgehead atoms. The number of ether oxygens (including phenoxy) is 1. The van der Waals surface area contributed by atoms with Gasteiger partial charge in [-0.1, -0.05) is 0 Å². The number of rotatable bonds is 4. The first kappa shape index (κ1) is 15.2.